The smallest absolute Gasteiger partial charge is 0.191 e. The van der Waals surface area contributed by atoms with E-state index >= 15 is 0 Å². The van der Waals surface area contributed by atoms with Gasteiger partial charge in [-0.2, -0.15) is 0 Å². The average molecular weight is 476 g/mol. The summed E-state index contributed by atoms with van der Waals surface area (Å²) in [5.41, 5.74) is 1.22. The summed E-state index contributed by atoms with van der Waals surface area (Å²) in [5.74, 6) is 1.71. The van der Waals surface area contributed by atoms with Crippen molar-refractivity contribution >= 4 is 29.9 Å². The average Bonchev–Trinajstić information content (AvgIpc) is 2.63. The number of benzene rings is 1. The number of aliphatic imine (C=N–C) groups is 1. The van der Waals surface area contributed by atoms with Gasteiger partial charge >= 0.3 is 0 Å². The highest BCUT2D eigenvalue weighted by Gasteiger charge is 2.28. The van der Waals surface area contributed by atoms with E-state index in [1.165, 1.54) is 5.56 Å². The molecule has 0 atom stereocenters. The van der Waals surface area contributed by atoms with E-state index in [-0.39, 0.29) is 29.5 Å². The Balaban J connectivity index is 0.00000338. The lowest BCUT2D eigenvalue weighted by Crippen LogP contribution is -2.56. The Morgan fingerprint density at radius 3 is 2.65 bits per heavy atom. The van der Waals surface area contributed by atoms with Crippen molar-refractivity contribution in [2.45, 2.75) is 32.9 Å². The van der Waals surface area contributed by atoms with E-state index in [9.17, 15) is 0 Å². The molecule has 2 N–H and O–H groups in total. The molecule has 0 aromatic heterocycles. The van der Waals surface area contributed by atoms with Gasteiger partial charge in [0.1, 0.15) is 5.75 Å². The summed E-state index contributed by atoms with van der Waals surface area (Å²) < 4.78 is 11.0. The number of hydrogen-bond donors (Lipinski definition) is 2. The number of ether oxygens (including phenoxy) is 2. The maximum absolute atomic E-state index is 5.55. The van der Waals surface area contributed by atoms with E-state index < -0.39 is 0 Å². The molecule has 2 rings (SSSR count). The SMILES string of the molecule is CCOc1cccc(CNC(=NC)NCC(C)(C)N2CCOCC2)c1.I. The maximum atomic E-state index is 5.55. The van der Waals surface area contributed by atoms with Gasteiger partial charge in [-0.25, -0.2) is 0 Å². The van der Waals surface area contributed by atoms with E-state index in [0.29, 0.717) is 13.2 Å². The Morgan fingerprint density at radius 2 is 2.00 bits per heavy atom. The number of nitrogens with zero attached hydrogens (tertiary/aromatic N) is 2. The molecular weight excluding hydrogens is 443 g/mol. The van der Waals surface area contributed by atoms with Crippen molar-refractivity contribution in [1.29, 1.82) is 0 Å². The minimum absolute atomic E-state index is 0. The fraction of sp³-hybridized carbons (Fsp3) is 0.632. The molecule has 0 amide bonds. The first-order valence-corrected chi connectivity index (χ1v) is 9.04. The van der Waals surface area contributed by atoms with Crippen LogP contribution in [0.2, 0.25) is 0 Å². The van der Waals surface area contributed by atoms with Crippen LogP contribution in [0.15, 0.2) is 29.3 Å². The summed E-state index contributed by atoms with van der Waals surface area (Å²) in [5, 5.41) is 6.81. The summed E-state index contributed by atoms with van der Waals surface area (Å²) in [6, 6.07) is 8.13. The molecule has 0 spiro atoms. The second-order valence-electron chi connectivity index (χ2n) is 6.77. The topological polar surface area (TPSA) is 58.1 Å². The molecule has 1 heterocycles. The fourth-order valence-corrected chi connectivity index (χ4v) is 2.90. The van der Waals surface area contributed by atoms with Gasteiger partial charge in [0, 0.05) is 38.8 Å². The maximum Gasteiger partial charge on any atom is 0.191 e. The minimum atomic E-state index is 0. The van der Waals surface area contributed by atoms with E-state index in [1.807, 2.05) is 19.1 Å². The number of morpholine rings is 1. The Hall–Kier alpha value is -1.06. The Kier molecular flexibility index (Phi) is 10.3. The van der Waals surface area contributed by atoms with Crippen LogP contribution >= 0.6 is 24.0 Å². The van der Waals surface area contributed by atoms with Crippen LogP contribution in [0.5, 0.6) is 5.75 Å². The molecule has 1 saturated heterocycles. The largest absolute Gasteiger partial charge is 0.494 e. The molecule has 1 aliphatic heterocycles. The van der Waals surface area contributed by atoms with Crippen LogP contribution in [-0.2, 0) is 11.3 Å². The minimum Gasteiger partial charge on any atom is -0.494 e. The molecule has 1 aromatic rings. The number of guanidine groups is 1. The first kappa shape index (κ1) is 23.0. The lowest BCUT2D eigenvalue weighted by Gasteiger charge is -2.41. The van der Waals surface area contributed by atoms with Gasteiger partial charge in [0.2, 0.25) is 0 Å². The second-order valence-corrected chi connectivity index (χ2v) is 6.77. The molecule has 0 aliphatic carbocycles. The molecule has 1 fully saturated rings. The van der Waals surface area contributed by atoms with Crippen LogP contribution in [0.1, 0.15) is 26.3 Å². The summed E-state index contributed by atoms with van der Waals surface area (Å²) in [7, 11) is 1.80. The van der Waals surface area contributed by atoms with E-state index in [0.717, 1.165) is 44.6 Å². The second kappa shape index (κ2) is 11.6. The monoisotopic (exact) mass is 476 g/mol. The van der Waals surface area contributed by atoms with Gasteiger partial charge in [0.05, 0.1) is 19.8 Å². The predicted molar refractivity (Wildman–Crippen MR) is 118 cm³/mol. The van der Waals surface area contributed by atoms with Crippen LogP contribution in [0, 0.1) is 0 Å². The number of hydrogen-bond acceptors (Lipinski definition) is 4. The molecule has 0 bridgehead atoms. The van der Waals surface area contributed by atoms with Crippen molar-refractivity contribution in [2.75, 3.05) is 46.5 Å². The van der Waals surface area contributed by atoms with E-state index in [2.05, 4.69) is 46.5 Å². The zero-order valence-electron chi connectivity index (χ0n) is 16.4. The molecular formula is C19H33IN4O2. The van der Waals surface area contributed by atoms with Gasteiger partial charge in [-0.15, -0.1) is 24.0 Å². The third-order valence-corrected chi connectivity index (χ3v) is 4.45. The molecule has 26 heavy (non-hydrogen) atoms. The molecule has 148 valence electrons. The highest BCUT2D eigenvalue weighted by molar-refractivity contribution is 14.0. The van der Waals surface area contributed by atoms with Gasteiger partial charge in [-0.3, -0.25) is 9.89 Å². The third kappa shape index (κ3) is 7.28. The van der Waals surface area contributed by atoms with E-state index in [1.54, 1.807) is 7.05 Å². The van der Waals surface area contributed by atoms with Gasteiger partial charge in [0.25, 0.3) is 0 Å². The highest BCUT2D eigenvalue weighted by Crippen LogP contribution is 2.15. The Morgan fingerprint density at radius 1 is 1.27 bits per heavy atom. The van der Waals surface area contributed by atoms with Crippen molar-refractivity contribution in [1.82, 2.24) is 15.5 Å². The van der Waals surface area contributed by atoms with Crippen molar-refractivity contribution < 1.29 is 9.47 Å². The highest BCUT2D eigenvalue weighted by atomic mass is 127. The van der Waals surface area contributed by atoms with Crippen LogP contribution in [0.4, 0.5) is 0 Å². The third-order valence-electron chi connectivity index (χ3n) is 4.45. The standard InChI is InChI=1S/C19H32N4O2.HI/c1-5-25-17-8-6-7-16(13-17)14-21-18(20-4)22-15-19(2,3)23-9-11-24-12-10-23;/h6-8,13H,5,9-12,14-15H2,1-4H3,(H2,20,21,22);1H. The van der Waals surface area contributed by atoms with Crippen LogP contribution in [-0.4, -0.2) is 62.9 Å². The van der Waals surface area contributed by atoms with Gasteiger partial charge in [-0.05, 0) is 38.5 Å². The van der Waals surface area contributed by atoms with Crippen molar-refractivity contribution in [3.8, 4) is 5.75 Å². The molecule has 6 nitrogen and oxygen atoms in total. The van der Waals surface area contributed by atoms with Crippen LogP contribution in [0.3, 0.4) is 0 Å². The van der Waals surface area contributed by atoms with Crippen LogP contribution in [0.25, 0.3) is 0 Å². The van der Waals surface area contributed by atoms with Crippen LogP contribution < -0.4 is 15.4 Å². The Bertz CT molecular complexity index is 560. The van der Waals surface area contributed by atoms with Crippen molar-refractivity contribution in [2.24, 2.45) is 4.99 Å². The first-order chi connectivity index (χ1) is 12.0. The number of nitrogens with one attached hydrogen (secondary N) is 2. The van der Waals surface area contributed by atoms with Gasteiger partial charge in [-0.1, -0.05) is 12.1 Å². The van der Waals surface area contributed by atoms with Crippen molar-refractivity contribution in [3.63, 3.8) is 0 Å². The number of rotatable bonds is 7. The summed E-state index contributed by atoms with van der Waals surface area (Å²) >= 11 is 0. The molecule has 1 aromatic carbocycles. The summed E-state index contributed by atoms with van der Waals surface area (Å²) in [6.07, 6.45) is 0. The lowest BCUT2D eigenvalue weighted by atomic mass is 10.0. The first-order valence-electron chi connectivity index (χ1n) is 9.04. The summed E-state index contributed by atoms with van der Waals surface area (Å²) in [4.78, 5) is 6.79. The zero-order valence-corrected chi connectivity index (χ0v) is 18.7. The molecule has 0 unspecified atom stereocenters. The van der Waals surface area contributed by atoms with Gasteiger partial charge < -0.3 is 20.1 Å². The molecule has 1 aliphatic rings. The molecule has 0 radical (unpaired) electrons. The lowest BCUT2D eigenvalue weighted by molar-refractivity contribution is -0.00834. The van der Waals surface area contributed by atoms with E-state index in [4.69, 9.17) is 9.47 Å². The quantitative estimate of drug-likeness (QED) is 0.360. The molecule has 7 heteroatoms. The molecule has 0 saturated carbocycles. The zero-order chi connectivity index (χ0) is 18.1. The summed E-state index contributed by atoms with van der Waals surface area (Å²) in [6.45, 7) is 12.3. The van der Waals surface area contributed by atoms with Gasteiger partial charge in [0.15, 0.2) is 5.96 Å². The fourth-order valence-electron chi connectivity index (χ4n) is 2.90. The number of halogens is 1. The normalized spacial score (nSPS) is 15.9. The predicted octanol–water partition coefficient (Wildman–Crippen LogP) is 2.48. The van der Waals surface area contributed by atoms with Crippen molar-refractivity contribution in [3.05, 3.63) is 29.8 Å². The Labute approximate surface area is 174 Å².